The van der Waals surface area contributed by atoms with Gasteiger partial charge in [0.25, 0.3) is 0 Å². The number of thioether (sulfide) groups is 1. The minimum atomic E-state index is -0.377. The van der Waals surface area contributed by atoms with E-state index in [1.54, 1.807) is 7.11 Å². The second kappa shape index (κ2) is 8.79. The van der Waals surface area contributed by atoms with Crippen LogP contribution in [0.2, 0.25) is 0 Å². The lowest BCUT2D eigenvalue weighted by Crippen LogP contribution is -2.44. The summed E-state index contributed by atoms with van der Waals surface area (Å²) in [6, 6.07) is 17.4. The second-order valence-electron chi connectivity index (χ2n) is 7.56. The zero-order chi connectivity index (χ0) is 21.1. The van der Waals surface area contributed by atoms with Gasteiger partial charge >= 0.3 is 0 Å². The highest BCUT2D eigenvalue weighted by Gasteiger charge is 2.38. The highest BCUT2D eigenvalue weighted by molar-refractivity contribution is 8.00. The summed E-state index contributed by atoms with van der Waals surface area (Å²) in [6.45, 7) is 4.79. The first-order chi connectivity index (χ1) is 14.6. The highest BCUT2D eigenvalue weighted by Crippen LogP contribution is 2.38. The second-order valence-corrected chi connectivity index (χ2v) is 8.67. The van der Waals surface area contributed by atoms with Crippen LogP contribution in [0.25, 0.3) is 11.4 Å². The van der Waals surface area contributed by atoms with Gasteiger partial charge in [-0.3, -0.25) is 4.79 Å². The molecule has 3 aromatic rings. The number of carbonyl (C=O) groups excluding carboxylic acids is 1. The van der Waals surface area contributed by atoms with Crippen LogP contribution in [0.15, 0.2) is 59.8 Å². The third-order valence-electron chi connectivity index (χ3n) is 4.89. The Morgan fingerprint density at radius 1 is 1.17 bits per heavy atom. The molecule has 0 unspecified atom stereocenters. The summed E-state index contributed by atoms with van der Waals surface area (Å²) < 4.78 is 7.16. The van der Waals surface area contributed by atoms with Crippen LogP contribution in [0, 0.1) is 5.92 Å². The number of carbonyl (C=O) groups is 1. The van der Waals surface area contributed by atoms with E-state index in [1.165, 1.54) is 11.8 Å². The molecule has 4 rings (SSSR count). The summed E-state index contributed by atoms with van der Waals surface area (Å²) in [7, 11) is 1.64. The monoisotopic (exact) mass is 423 g/mol. The van der Waals surface area contributed by atoms with E-state index in [4.69, 9.17) is 4.74 Å². The van der Waals surface area contributed by atoms with E-state index in [0.29, 0.717) is 17.6 Å². The molecular formula is C22H25N5O2S. The molecule has 0 saturated carbocycles. The van der Waals surface area contributed by atoms with E-state index in [1.807, 2.05) is 59.3 Å². The first-order valence-corrected chi connectivity index (χ1v) is 10.8. The molecule has 156 valence electrons. The van der Waals surface area contributed by atoms with E-state index in [9.17, 15) is 4.79 Å². The van der Waals surface area contributed by atoms with Crippen LogP contribution >= 0.6 is 11.8 Å². The molecule has 1 aromatic heterocycles. The predicted molar refractivity (Wildman–Crippen MR) is 118 cm³/mol. The Hall–Kier alpha value is -3.00. The number of ether oxygens (including phenoxy) is 1. The largest absolute Gasteiger partial charge is 0.497 e. The van der Waals surface area contributed by atoms with Gasteiger partial charge in [-0.2, -0.15) is 0 Å². The van der Waals surface area contributed by atoms with Crippen molar-refractivity contribution < 1.29 is 9.53 Å². The van der Waals surface area contributed by atoms with Crippen molar-refractivity contribution in [2.24, 2.45) is 5.92 Å². The Morgan fingerprint density at radius 2 is 1.90 bits per heavy atom. The van der Waals surface area contributed by atoms with Gasteiger partial charge in [0.1, 0.15) is 11.0 Å². The molecule has 0 aliphatic carbocycles. The number of aromatic nitrogens is 3. The van der Waals surface area contributed by atoms with E-state index in [2.05, 4.69) is 34.8 Å². The fourth-order valence-electron chi connectivity index (χ4n) is 3.30. The molecule has 1 amide bonds. The fraction of sp³-hybridized carbons (Fsp3) is 0.318. The topological polar surface area (TPSA) is 81.1 Å². The molecule has 0 bridgehead atoms. The lowest BCUT2D eigenvalue weighted by molar-refractivity contribution is -0.121. The summed E-state index contributed by atoms with van der Waals surface area (Å²) in [6.07, 6.45) is 0. The van der Waals surface area contributed by atoms with Crippen molar-refractivity contribution in [1.82, 2.24) is 20.2 Å². The van der Waals surface area contributed by atoms with Gasteiger partial charge in [0, 0.05) is 12.1 Å². The number of amides is 1. The zero-order valence-electron chi connectivity index (χ0n) is 17.2. The van der Waals surface area contributed by atoms with E-state index in [0.717, 1.165) is 22.7 Å². The Balaban J connectivity index is 1.69. The van der Waals surface area contributed by atoms with Gasteiger partial charge in [0.15, 0.2) is 5.82 Å². The van der Waals surface area contributed by atoms with E-state index < -0.39 is 0 Å². The third kappa shape index (κ3) is 4.14. The molecule has 8 heteroatoms. The van der Waals surface area contributed by atoms with E-state index in [-0.39, 0.29) is 17.2 Å². The van der Waals surface area contributed by atoms with Crippen molar-refractivity contribution >= 4 is 17.7 Å². The van der Waals surface area contributed by atoms with Gasteiger partial charge in [0.05, 0.1) is 13.2 Å². The summed E-state index contributed by atoms with van der Waals surface area (Å²) >= 11 is 1.43. The number of methoxy groups -OCH3 is 1. The Morgan fingerprint density at radius 3 is 2.57 bits per heavy atom. The van der Waals surface area contributed by atoms with Crippen molar-refractivity contribution in [2.75, 3.05) is 19.1 Å². The van der Waals surface area contributed by atoms with Gasteiger partial charge in [0.2, 0.25) is 11.1 Å². The van der Waals surface area contributed by atoms with Crippen LogP contribution in [0.5, 0.6) is 5.75 Å². The zero-order valence-corrected chi connectivity index (χ0v) is 18.0. The fourth-order valence-corrected chi connectivity index (χ4v) is 4.40. The first kappa shape index (κ1) is 20.3. The number of nitrogens with zero attached hydrogens (tertiary/aromatic N) is 3. The number of hydrogen-bond donors (Lipinski definition) is 2. The number of fused-ring (bicyclic) bond motifs is 1. The van der Waals surface area contributed by atoms with Crippen LogP contribution in [-0.2, 0) is 4.79 Å². The maximum absolute atomic E-state index is 13.0. The maximum Gasteiger partial charge on any atom is 0.236 e. The minimum Gasteiger partial charge on any atom is -0.497 e. The number of hydrogen-bond acceptors (Lipinski definition) is 6. The lowest BCUT2D eigenvalue weighted by atomic mass is 10.0. The standard InChI is InChI=1S/C22H25N5O2S/c1-14(2)13-23-21(28)19-18(15-9-11-17(29-3)12-10-15)26-27-20(24-25-22(27)30-19)16-7-5-4-6-8-16/h4-12,14,18-19,26H,13H2,1-3H3,(H,23,28)/t18-,19+/m0/s1. The maximum atomic E-state index is 13.0. The van der Waals surface area contributed by atoms with Crippen LogP contribution in [0.4, 0.5) is 0 Å². The van der Waals surface area contributed by atoms with Gasteiger partial charge < -0.3 is 15.5 Å². The molecule has 30 heavy (non-hydrogen) atoms. The predicted octanol–water partition coefficient (Wildman–Crippen LogP) is 3.49. The van der Waals surface area contributed by atoms with Gasteiger partial charge in [-0.05, 0) is 23.6 Å². The van der Waals surface area contributed by atoms with Crippen LogP contribution in [0.1, 0.15) is 25.5 Å². The Bertz CT molecular complexity index is 1000. The minimum absolute atomic E-state index is 0.0162. The highest BCUT2D eigenvalue weighted by atomic mass is 32.2. The molecule has 7 nitrogen and oxygen atoms in total. The molecule has 2 N–H and O–H groups in total. The Labute approximate surface area is 180 Å². The molecule has 0 saturated heterocycles. The van der Waals surface area contributed by atoms with Crippen molar-refractivity contribution in [2.45, 2.75) is 30.3 Å². The van der Waals surface area contributed by atoms with Crippen molar-refractivity contribution in [3.63, 3.8) is 0 Å². The van der Waals surface area contributed by atoms with E-state index >= 15 is 0 Å². The molecule has 0 radical (unpaired) electrons. The number of benzene rings is 2. The smallest absolute Gasteiger partial charge is 0.236 e. The average molecular weight is 424 g/mol. The Kier molecular flexibility index (Phi) is 5.94. The van der Waals surface area contributed by atoms with Crippen molar-refractivity contribution in [3.8, 4) is 17.1 Å². The summed E-state index contributed by atoms with van der Waals surface area (Å²) in [5.74, 6) is 1.86. The lowest BCUT2D eigenvalue weighted by Gasteiger charge is -2.33. The third-order valence-corrected chi connectivity index (χ3v) is 6.10. The number of rotatable bonds is 6. The summed E-state index contributed by atoms with van der Waals surface area (Å²) in [5, 5.41) is 12.1. The van der Waals surface area contributed by atoms with Gasteiger partial charge in [-0.15, -0.1) is 10.2 Å². The summed E-state index contributed by atoms with van der Waals surface area (Å²) in [5.41, 5.74) is 5.44. The number of nitrogens with one attached hydrogen (secondary N) is 2. The quantitative estimate of drug-likeness (QED) is 0.632. The molecule has 1 aliphatic heterocycles. The molecule has 0 spiro atoms. The molecular weight excluding hydrogens is 398 g/mol. The molecule has 1 aliphatic rings. The SMILES string of the molecule is COc1ccc([C@@H]2Nn3c(nnc3-c3ccccc3)S[C@H]2C(=O)NCC(C)C)cc1. The average Bonchev–Trinajstić information content (AvgIpc) is 3.20. The first-order valence-electron chi connectivity index (χ1n) is 9.92. The van der Waals surface area contributed by atoms with Crippen molar-refractivity contribution in [1.29, 1.82) is 0 Å². The molecule has 0 fully saturated rings. The van der Waals surface area contributed by atoms with Gasteiger partial charge in [-0.1, -0.05) is 68.1 Å². The van der Waals surface area contributed by atoms with Crippen molar-refractivity contribution in [3.05, 3.63) is 60.2 Å². The van der Waals surface area contributed by atoms with Crippen LogP contribution in [0.3, 0.4) is 0 Å². The summed E-state index contributed by atoms with van der Waals surface area (Å²) in [4.78, 5) is 13.0. The van der Waals surface area contributed by atoms with Crippen LogP contribution < -0.4 is 15.5 Å². The van der Waals surface area contributed by atoms with Crippen LogP contribution in [-0.4, -0.2) is 39.7 Å². The normalized spacial score (nSPS) is 17.9. The van der Waals surface area contributed by atoms with Gasteiger partial charge in [-0.25, -0.2) is 4.68 Å². The molecule has 2 atom stereocenters. The molecule has 2 aromatic carbocycles. The molecule has 2 heterocycles.